The number of allylic oxidation sites excluding steroid dienone is 2. The summed E-state index contributed by atoms with van der Waals surface area (Å²) in [6.45, 7) is 5.95. The molecule has 2 aliphatic heterocycles. The lowest BCUT2D eigenvalue weighted by Gasteiger charge is -2.49. The third-order valence-corrected chi connectivity index (χ3v) is 14.2. The van der Waals surface area contributed by atoms with Crippen molar-refractivity contribution >= 4 is 68.2 Å². The number of halogens is 1. The fraction of sp³-hybridized carbons (Fsp3) is 0.341. The molecular weight excluding hydrogens is 748 g/mol. The SMILES string of the molecule is CCc1ccc(N2C(=O)[C@H]3[C@H](CC=C4[C@H]3C[C@H]3C(=O)N(c5cc(-c6sc7ccc(Cl)cc7c6C)nn5C)C(=O)[C@@]3(C)[C@H]4c3ccc(OCCO)cc3)C2=O)cc1. The van der Waals surface area contributed by atoms with E-state index in [-0.39, 0.29) is 43.3 Å². The Kier molecular flexibility index (Phi) is 8.83. The topological polar surface area (TPSA) is 122 Å². The highest BCUT2D eigenvalue weighted by atomic mass is 35.5. The predicted molar refractivity (Wildman–Crippen MR) is 216 cm³/mol. The van der Waals surface area contributed by atoms with E-state index in [1.54, 1.807) is 41.3 Å². The van der Waals surface area contributed by atoms with Gasteiger partial charge in [0.25, 0.3) is 0 Å². The first kappa shape index (κ1) is 36.5. The summed E-state index contributed by atoms with van der Waals surface area (Å²) in [6, 6.07) is 22.5. The second-order valence-corrected chi connectivity index (χ2v) is 17.0. The van der Waals surface area contributed by atoms with Crippen molar-refractivity contribution in [3.63, 3.8) is 0 Å². The molecule has 286 valence electrons. The monoisotopic (exact) mass is 788 g/mol. The van der Waals surface area contributed by atoms with Crippen LogP contribution in [0.5, 0.6) is 5.75 Å². The fourth-order valence-corrected chi connectivity index (χ4v) is 11.2. The number of carbonyl (C=O) groups excluding carboxylic acids is 4. The molecule has 4 aliphatic rings. The summed E-state index contributed by atoms with van der Waals surface area (Å²) >= 11 is 7.91. The first-order valence-electron chi connectivity index (χ1n) is 19.1. The zero-order chi connectivity index (χ0) is 39.2. The minimum Gasteiger partial charge on any atom is -0.491 e. The van der Waals surface area contributed by atoms with Gasteiger partial charge in [-0.05, 0) is 104 Å². The van der Waals surface area contributed by atoms with Crippen LogP contribution in [-0.2, 0) is 32.6 Å². The van der Waals surface area contributed by atoms with Crippen molar-refractivity contribution in [3.8, 4) is 16.3 Å². The number of hydrogen-bond acceptors (Lipinski definition) is 8. The van der Waals surface area contributed by atoms with E-state index >= 15 is 4.79 Å². The molecule has 2 saturated heterocycles. The van der Waals surface area contributed by atoms with Gasteiger partial charge in [-0.3, -0.25) is 28.8 Å². The van der Waals surface area contributed by atoms with Crippen LogP contribution < -0.4 is 14.5 Å². The number of aliphatic hydroxyl groups excluding tert-OH is 1. The molecule has 0 unspecified atom stereocenters. The molecule has 0 radical (unpaired) electrons. The molecule has 1 saturated carbocycles. The molecule has 0 spiro atoms. The van der Waals surface area contributed by atoms with E-state index in [4.69, 9.17) is 21.4 Å². The van der Waals surface area contributed by atoms with E-state index in [0.29, 0.717) is 34.4 Å². The molecule has 12 heteroatoms. The molecule has 4 heterocycles. The fourth-order valence-electron chi connectivity index (χ4n) is 9.88. The average Bonchev–Trinajstić information content (AvgIpc) is 3.87. The maximum absolute atomic E-state index is 15.2. The van der Waals surface area contributed by atoms with Gasteiger partial charge in [0.2, 0.25) is 23.6 Å². The van der Waals surface area contributed by atoms with Crippen LogP contribution in [0, 0.1) is 36.0 Å². The van der Waals surface area contributed by atoms with Crippen molar-refractivity contribution in [1.82, 2.24) is 9.78 Å². The maximum atomic E-state index is 15.2. The number of carbonyl (C=O) groups is 4. The van der Waals surface area contributed by atoms with Crippen LogP contribution in [-0.4, -0.2) is 51.7 Å². The minimum absolute atomic E-state index is 0.132. The highest BCUT2D eigenvalue weighted by Gasteiger charge is 2.68. The summed E-state index contributed by atoms with van der Waals surface area (Å²) in [5, 5.41) is 15.8. The summed E-state index contributed by atoms with van der Waals surface area (Å²) in [4.78, 5) is 62.2. The molecular formula is C44H41ClN4O6S. The summed E-state index contributed by atoms with van der Waals surface area (Å²) < 4.78 is 8.32. The Morgan fingerprint density at radius 3 is 2.41 bits per heavy atom. The lowest BCUT2D eigenvalue weighted by molar-refractivity contribution is -0.131. The van der Waals surface area contributed by atoms with Gasteiger partial charge in [-0.2, -0.15) is 5.10 Å². The molecule has 2 aliphatic carbocycles. The first-order valence-corrected chi connectivity index (χ1v) is 20.3. The molecule has 0 bridgehead atoms. The molecule has 6 atom stereocenters. The van der Waals surface area contributed by atoms with Crippen LogP contribution in [0.1, 0.15) is 49.3 Å². The summed E-state index contributed by atoms with van der Waals surface area (Å²) in [6.07, 6.45) is 3.50. The number of amides is 4. The Hall–Kier alpha value is -5.10. The number of benzene rings is 3. The van der Waals surface area contributed by atoms with Gasteiger partial charge in [0, 0.05) is 28.8 Å². The molecule has 56 heavy (non-hydrogen) atoms. The molecule has 1 N–H and O–H groups in total. The van der Waals surface area contributed by atoms with E-state index in [9.17, 15) is 19.5 Å². The Morgan fingerprint density at radius 2 is 1.70 bits per heavy atom. The standard InChI is InChI=1S/C44H41ClN4O6S/c1-5-24-6-11-27(12-7-24)48-40(51)30-16-15-29-32(37(30)42(48)53)21-33-41(52)49(43(54)44(33,3)38(29)25-8-13-28(14-9-25)55-19-18-50)36-22-34(46-47(36)4)39-23(2)31-20-26(45)10-17-35(31)56-39/h6-15,17,20,22,30,32-33,37-38,50H,5,16,18-19,21H2,1-4H3/t30-,32+,33-,37-,38-,44+/m0/s1. The molecule has 5 aromatic rings. The molecule has 4 amide bonds. The number of nitrogens with zero attached hydrogens (tertiary/aromatic N) is 4. The molecule has 10 nitrogen and oxygen atoms in total. The molecule has 2 aromatic heterocycles. The summed E-state index contributed by atoms with van der Waals surface area (Å²) in [5.41, 5.74) is 3.82. The third-order valence-electron chi connectivity index (χ3n) is 12.7. The van der Waals surface area contributed by atoms with Gasteiger partial charge in [0.15, 0.2) is 0 Å². The molecule has 9 rings (SSSR count). The Morgan fingerprint density at radius 1 is 0.946 bits per heavy atom. The highest BCUT2D eigenvalue weighted by molar-refractivity contribution is 7.22. The smallest absolute Gasteiger partial charge is 0.242 e. The Balaban J connectivity index is 1.13. The number of imide groups is 2. The number of aromatic nitrogens is 2. The van der Waals surface area contributed by atoms with Crippen molar-refractivity contribution in [1.29, 1.82) is 0 Å². The maximum Gasteiger partial charge on any atom is 0.242 e. The third kappa shape index (κ3) is 5.34. The Bertz CT molecular complexity index is 2490. The van der Waals surface area contributed by atoms with Crippen molar-refractivity contribution in [2.45, 2.75) is 46.0 Å². The van der Waals surface area contributed by atoms with E-state index in [1.165, 1.54) is 9.80 Å². The zero-order valence-corrected chi connectivity index (χ0v) is 33.1. The van der Waals surface area contributed by atoms with Crippen molar-refractivity contribution in [3.05, 3.63) is 106 Å². The largest absolute Gasteiger partial charge is 0.491 e. The first-order chi connectivity index (χ1) is 27.0. The number of fused-ring (bicyclic) bond motifs is 5. The van der Waals surface area contributed by atoms with Crippen LogP contribution >= 0.6 is 22.9 Å². The Labute approximate surface area is 333 Å². The number of thiophene rings is 1. The lowest BCUT2D eigenvalue weighted by Crippen LogP contribution is -2.48. The second kappa shape index (κ2) is 13.5. The van der Waals surface area contributed by atoms with Gasteiger partial charge in [-0.25, -0.2) is 4.90 Å². The highest BCUT2D eigenvalue weighted by Crippen LogP contribution is 2.64. The number of hydrogen-bond donors (Lipinski definition) is 1. The minimum atomic E-state index is -1.21. The van der Waals surface area contributed by atoms with Crippen LogP contribution in [0.4, 0.5) is 11.5 Å². The quantitative estimate of drug-likeness (QED) is 0.127. The summed E-state index contributed by atoms with van der Waals surface area (Å²) in [5.74, 6) is -3.26. The predicted octanol–water partition coefficient (Wildman–Crippen LogP) is 7.63. The van der Waals surface area contributed by atoms with Crippen LogP contribution in [0.15, 0.2) is 84.4 Å². The van der Waals surface area contributed by atoms with Gasteiger partial charge in [-0.1, -0.05) is 54.4 Å². The van der Waals surface area contributed by atoms with Gasteiger partial charge in [0.05, 0.1) is 40.3 Å². The second-order valence-electron chi connectivity index (χ2n) is 15.5. The van der Waals surface area contributed by atoms with Crippen LogP contribution in [0.2, 0.25) is 5.02 Å². The number of aryl methyl sites for hydroxylation is 3. The van der Waals surface area contributed by atoms with Crippen molar-refractivity contribution in [2.24, 2.45) is 36.1 Å². The number of ether oxygens (including phenoxy) is 1. The van der Waals surface area contributed by atoms with Crippen LogP contribution in [0.3, 0.4) is 0 Å². The van der Waals surface area contributed by atoms with E-state index in [0.717, 1.165) is 43.6 Å². The van der Waals surface area contributed by atoms with Crippen molar-refractivity contribution < 1.29 is 29.0 Å². The summed E-state index contributed by atoms with van der Waals surface area (Å²) in [7, 11) is 1.74. The lowest BCUT2D eigenvalue weighted by atomic mass is 9.51. The van der Waals surface area contributed by atoms with Crippen molar-refractivity contribution in [2.75, 3.05) is 23.0 Å². The molecule has 3 aromatic carbocycles. The van der Waals surface area contributed by atoms with Gasteiger partial charge in [0.1, 0.15) is 23.9 Å². The van der Waals surface area contributed by atoms with Gasteiger partial charge in [-0.15, -0.1) is 11.3 Å². The normalized spacial score (nSPS) is 25.8. The van der Waals surface area contributed by atoms with Crippen LogP contribution in [0.25, 0.3) is 20.7 Å². The van der Waals surface area contributed by atoms with E-state index in [1.807, 2.05) is 68.4 Å². The van der Waals surface area contributed by atoms with Gasteiger partial charge < -0.3 is 9.84 Å². The van der Waals surface area contributed by atoms with Gasteiger partial charge >= 0.3 is 0 Å². The number of aliphatic hydroxyl groups is 1. The van der Waals surface area contributed by atoms with E-state index < -0.39 is 35.0 Å². The molecule has 3 fully saturated rings. The zero-order valence-electron chi connectivity index (χ0n) is 31.5. The number of rotatable bonds is 8. The number of anilines is 2. The van der Waals surface area contributed by atoms with E-state index in [2.05, 4.69) is 13.0 Å². The average molecular weight is 789 g/mol.